The molecule has 22 heavy (non-hydrogen) atoms. The Bertz CT molecular complexity index is 586. The van der Waals surface area contributed by atoms with Gasteiger partial charge >= 0.3 is 5.97 Å². The molecule has 0 fully saturated rings. The van der Waals surface area contributed by atoms with Crippen molar-refractivity contribution in [2.75, 3.05) is 27.4 Å². The number of carbonyl (C=O) groups excluding carboxylic acids is 2. The molecule has 9 nitrogen and oxygen atoms in total. The van der Waals surface area contributed by atoms with Gasteiger partial charge in [-0.3, -0.25) is 14.9 Å². The summed E-state index contributed by atoms with van der Waals surface area (Å²) in [5, 5.41) is 13.5. The van der Waals surface area contributed by atoms with Gasteiger partial charge in [0.2, 0.25) is 0 Å². The summed E-state index contributed by atoms with van der Waals surface area (Å²) in [6.45, 7) is 1.56. The lowest BCUT2D eigenvalue weighted by Crippen LogP contribution is -2.28. The number of hydrogen-bond donors (Lipinski definition) is 1. The van der Waals surface area contributed by atoms with Crippen molar-refractivity contribution < 1.29 is 28.7 Å². The summed E-state index contributed by atoms with van der Waals surface area (Å²) in [5.41, 5.74) is -0.828. The van der Waals surface area contributed by atoms with Crippen LogP contribution in [-0.4, -0.2) is 44.2 Å². The summed E-state index contributed by atoms with van der Waals surface area (Å²) < 4.78 is 14.7. The fraction of sp³-hybridized carbons (Fsp3) is 0.385. The molecular weight excluding hydrogens is 296 g/mol. The fourth-order valence-corrected chi connectivity index (χ4v) is 1.64. The molecule has 1 aromatic carbocycles. The standard InChI is InChI=1S/C13H16N2O7/c1-4-14-12(16)7-22-13(17)8-5-10(20-2)11(21-3)6-9(8)15(18)19/h5-6H,4,7H2,1-3H3,(H,14,16). The van der Waals surface area contributed by atoms with E-state index in [2.05, 4.69) is 5.32 Å². The second-order valence-electron chi connectivity index (χ2n) is 4.01. The number of hydrogen-bond acceptors (Lipinski definition) is 7. The Labute approximate surface area is 126 Å². The number of nitro groups is 1. The predicted molar refractivity (Wildman–Crippen MR) is 75.2 cm³/mol. The summed E-state index contributed by atoms with van der Waals surface area (Å²) in [6.07, 6.45) is 0. The summed E-state index contributed by atoms with van der Waals surface area (Å²) in [7, 11) is 2.64. The van der Waals surface area contributed by atoms with Crippen LogP contribution in [0.15, 0.2) is 12.1 Å². The van der Waals surface area contributed by atoms with Crippen LogP contribution >= 0.6 is 0 Å². The van der Waals surface area contributed by atoms with Crippen molar-refractivity contribution in [2.24, 2.45) is 0 Å². The maximum absolute atomic E-state index is 11.9. The number of amides is 1. The number of ether oxygens (including phenoxy) is 3. The van der Waals surface area contributed by atoms with Crippen LogP contribution in [0, 0.1) is 10.1 Å². The first kappa shape index (κ1) is 17.2. The third-order valence-corrected chi connectivity index (χ3v) is 2.63. The van der Waals surface area contributed by atoms with Crippen LogP contribution in [0.4, 0.5) is 5.69 Å². The summed E-state index contributed by atoms with van der Waals surface area (Å²) >= 11 is 0. The summed E-state index contributed by atoms with van der Waals surface area (Å²) in [5.74, 6) is -1.26. The molecule has 0 heterocycles. The molecule has 120 valence electrons. The number of esters is 1. The maximum Gasteiger partial charge on any atom is 0.345 e. The molecule has 0 aromatic heterocycles. The molecule has 9 heteroatoms. The van der Waals surface area contributed by atoms with Gasteiger partial charge in [0.05, 0.1) is 25.2 Å². The highest BCUT2D eigenvalue weighted by Crippen LogP contribution is 2.34. The second kappa shape index (κ2) is 7.81. The molecule has 1 aromatic rings. The van der Waals surface area contributed by atoms with Crippen LogP contribution in [0.25, 0.3) is 0 Å². The first-order valence-corrected chi connectivity index (χ1v) is 6.28. The van der Waals surface area contributed by atoms with Crippen LogP contribution in [0.1, 0.15) is 17.3 Å². The van der Waals surface area contributed by atoms with Crippen molar-refractivity contribution in [1.29, 1.82) is 0 Å². The van der Waals surface area contributed by atoms with Crippen LogP contribution in [0.2, 0.25) is 0 Å². The minimum atomic E-state index is -1.00. The molecule has 0 spiro atoms. The van der Waals surface area contributed by atoms with Gasteiger partial charge < -0.3 is 19.5 Å². The van der Waals surface area contributed by atoms with Gasteiger partial charge in [0.1, 0.15) is 5.56 Å². The first-order chi connectivity index (χ1) is 10.4. The topological polar surface area (TPSA) is 117 Å². The maximum atomic E-state index is 11.9. The van der Waals surface area contributed by atoms with Gasteiger partial charge in [-0.15, -0.1) is 0 Å². The molecule has 0 aliphatic rings. The monoisotopic (exact) mass is 312 g/mol. The van der Waals surface area contributed by atoms with Crippen LogP contribution in [-0.2, 0) is 9.53 Å². The summed E-state index contributed by atoms with van der Waals surface area (Å²) in [6, 6.07) is 2.19. The zero-order chi connectivity index (χ0) is 16.7. The average Bonchev–Trinajstić information content (AvgIpc) is 2.51. The molecule has 0 saturated carbocycles. The molecule has 0 unspecified atom stereocenters. The lowest BCUT2D eigenvalue weighted by molar-refractivity contribution is -0.385. The molecule has 0 aliphatic carbocycles. The quantitative estimate of drug-likeness (QED) is 0.451. The van der Waals surface area contributed by atoms with Gasteiger partial charge in [-0.2, -0.15) is 0 Å². The lowest BCUT2D eigenvalue weighted by atomic mass is 10.1. The van der Waals surface area contributed by atoms with Gasteiger partial charge in [0.25, 0.3) is 11.6 Å². The van der Waals surface area contributed by atoms with E-state index >= 15 is 0 Å². The number of likely N-dealkylation sites (N-methyl/N-ethyl adjacent to an activating group) is 1. The normalized spacial score (nSPS) is 9.77. The number of nitrogens with one attached hydrogen (secondary N) is 1. The Morgan fingerprint density at radius 2 is 1.82 bits per heavy atom. The zero-order valence-electron chi connectivity index (χ0n) is 12.4. The van der Waals surface area contributed by atoms with E-state index in [1.165, 1.54) is 14.2 Å². The van der Waals surface area contributed by atoms with Crippen molar-refractivity contribution in [1.82, 2.24) is 5.32 Å². The Morgan fingerprint density at radius 1 is 1.23 bits per heavy atom. The van der Waals surface area contributed by atoms with E-state index in [0.29, 0.717) is 6.54 Å². The van der Waals surface area contributed by atoms with Crippen molar-refractivity contribution in [2.45, 2.75) is 6.92 Å². The minimum Gasteiger partial charge on any atom is -0.493 e. The third-order valence-electron chi connectivity index (χ3n) is 2.63. The van der Waals surface area contributed by atoms with Gasteiger partial charge in [0, 0.05) is 12.6 Å². The predicted octanol–water partition coefficient (Wildman–Crippen LogP) is 0.905. The molecule has 0 bridgehead atoms. The van der Waals surface area contributed by atoms with Gasteiger partial charge in [0.15, 0.2) is 18.1 Å². The second-order valence-corrected chi connectivity index (χ2v) is 4.01. The smallest absolute Gasteiger partial charge is 0.345 e. The van der Waals surface area contributed by atoms with Crippen molar-refractivity contribution >= 4 is 17.6 Å². The molecule has 1 rings (SSSR count). The number of carbonyl (C=O) groups is 2. The van der Waals surface area contributed by atoms with Crippen molar-refractivity contribution in [3.05, 3.63) is 27.8 Å². The van der Waals surface area contributed by atoms with Gasteiger partial charge in [-0.1, -0.05) is 0 Å². The number of rotatable bonds is 7. The largest absolute Gasteiger partial charge is 0.493 e. The van der Waals surface area contributed by atoms with Crippen molar-refractivity contribution in [3.8, 4) is 11.5 Å². The van der Waals surface area contributed by atoms with Crippen molar-refractivity contribution in [3.63, 3.8) is 0 Å². The highest BCUT2D eigenvalue weighted by atomic mass is 16.6. The SMILES string of the molecule is CCNC(=O)COC(=O)c1cc(OC)c(OC)cc1[N+](=O)[O-]. The van der Waals surface area contributed by atoms with E-state index in [4.69, 9.17) is 14.2 Å². The number of methoxy groups -OCH3 is 2. The van der Waals surface area contributed by atoms with Crippen LogP contribution in [0.3, 0.4) is 0 Å². The van der Waals surface area contributed by atoms with E-state index in [-0.39, 0.29) is 17.1 Å². The van der Waals surface area contributed by atoms with E-state index in [9.17, 15) is 19.7 Å². The fourth-order valence-electron chi connectivity index (χ4n) is 1.64. The lowest BCUT2D eigenvalue weighted by Gasteiger charge is -2.10. The summed E-state index contributed by atoms with van der Waals surface area (Å²) in [4.78, 5) is 33.5. The first-order valence-electron chi connectivity index (χ1n) is 6.28. The number of nitro benzene ring substituents is 1. The van der Waals surface area contributed by atoms with E-state index < -0.39 is 29.1 Å². The Balaban J connectivity index is 3.08. The molecule has 0 saturated heterocycles. The third kappa shape index (κ3) is 4.08. The molecule has 1 N–H and O–H groups in total. The average molecular weight is 312 g/mol. The molecule has 0 atom stereocenters. The van der Waals surface area contributed by atoms with Crippen LogP contribution in [0.5, 0.6) is 11.5 Å². The molecular formula is C13H16N2O7. The minimum absolute atomic E-state index is 0.106. The van der Waals surface area contributed by atoms with E-state index in [0.717, 1.165) is 12.1 Å². The molecule has 0 radical (unpaired) electrons. The highest BCUT2D eigenvalue weighted by Gasteiger charge is 2.26. The van der Waals surface area contributed by atoms with Gasteiger partial charge in [-0.05, 0) is 6.92 Å². The number of benzene rings is 1. The number of nitrogens with zero attached hydrogens (tertiary/aromatic N) is 1. The zero-order valence-corrected chi connectivity index (χ0v) is 12.4. The molecule has 1 amide bonds. The Kier molecular flexibility index (Phi) is 6.11. The van der Waals surface area contributed by atoms with Gasteiger partial charge in [-0.25, -0.2) is 4.79 Å². The Morgan fingerprint density at radius 3 is 2.32 bits per heavy atom. The van der Waals surface area contributed by atoms with Crippen LogP contribution < -0.4 is 14.8 Å². The Hall–Kier alpha value is -2.84. The van der Waals surface area contributed by atoms with E-state index in [1.807, 2.05) is 0 Å². The molecule has 0 aliphatic heterocycles. The highest BCUT2D eigenvalue weighted by molar-refractivity contribution is 5.96. The van der Waals surface area contributed by atoms with E-state index in [1.54, 1.807) is 6.92 Å².